The Morgan fingerprint density at radius 1 is 1.00 bits per heavy atom. The van der Waals surface area contributed by atoms with Gasteiger partial charge in [0.2, 0.25) is 0 Å². The topological polar surface area (TPSA) is 59.2 Å². The highest BCUT2D eigenvalue weighted by atomic mass is 16.3. The van der Waals surface area contributed by atoms with Crippen LogP contribution in [0.15, 0.2) is 77.5 Å². The molecule has 0 saturated carbocycles. The molecule has 2 aromatic carbocycles. The number of benzene rings is 2. The van der Waals surface area contributed by atoms with Gasteiger partial charge in [0.05, 0.1) is 0 Å². The fourth-order valence-corrected chi connectivity index (χ4v) is 3.17. The molecule has 1 amide bonds. The molecule has 2 heterocycles. The minimum absolute atomic E-state index is 0.0559. The number of rotatable bonds is 6. The van der Waals surface area contributed by atoms with Gasteiger partial charge in [-0.3, -0.25) is 9.78 Å². The Balaban J connectivity index is 1.47. The smallest absolute Gasteiger partial charge is 0.253 e. The first-order valence-electron chi connectivity index (χ1n) is 9.27. The summed E-state index contributed by atoms with van der Waals surface area (Å²) in [7, 11) is 1.79. The van der Waals surface area contributed by atoms with Crippen molar-refractivity contribution in [1.29, 1.82) is 0 Å². The summed E-state index contributed by atoms with van der Waals surface area (Å²) in [5, 5.41) is 0. The van der Waals surface area contributed by atoms with Crippen LogP contribution in [0.25, 0.3) is 11.1 Å². The van der Waals surface area contributed by atoms with Crippen LogP contribution in [-0.2, 0) is 19.4 Å². The maximum Gasteiger partial charge on any atom is 0.253 e. The average Bonchev–Trinajstić information content (AvgIpc) is 3.15. The van der Waals surface area contributed by atoms with Gasteiger partial charge in [0.15, 0.2) is 11.5 Å². The number of aromatic nitrogens is 2. The van der Waals surface area contributed by atoms with Gasteiger partial charge in [-0.15, -0.1) is 0 Å². The lowest BCUT2D eigenvalue weighted by atomic mass is 10.1. The number of carbonyl (C=O) groups is 1. The predicted molar refractivity (Wildman–Crippen MR) is 108 cm³/mol. The number of hydrogen-bond acceptors (Lipinski definition) is 4. The van der Waals surface area contributed by atoms with E-state index in [1.807, 2.05) is 36.4 Å². The van der Waals surface area contributed by atoms with Gasteiger partial charge in [-0.2, -0.15) is 0 Å². The summed E-state index contributed by atoms with van der Waals surface area (Å²) in [4.78, 5) is 23.1. The first-order valence-corrected chi connectivity index (χ1v) is 9.27. The van der Waals surface area contributed by atoms with E-state index in [2.05, 4.69) is 22.1 Å². The zero-order valence-corrected chi connectivity index (χ0v) is 15.7. The Bertz CT molecular complexity index is 1070. The van der Waals surface area contributed by atoms with E-state index < -0.39 is 0 Å². The minimum Gasteiger partial charge on any atom is -0.441 e. The number of carbonyl (C=O) groups excluding carboxylic acids is 1. The van der Waals surface area contributed by atoms with Crippen LogP contribution in [0, 0.1) is 0 Å². The maximum absolute atomic E-state index is 12.8. The van der Waals surface area contributed by atoms with Crippen molar-refractivity contribution < 1.29 is 9.21 Å². The van der Waals surface area contributed by atoms with Crippen molar-refractivity contribution in [2.45, 2.75) is 19.4 Å². The molecule has 0 saturated heterocycles. The molecule has 4 aromatic rings. The molecule has 0 radical (unpaired) electrons. The second-order valence-electron chi connectivity index (χ2n) is 6.80. The lowest BCUT2D eigenvalue weighted by molar-refractivity contribution is 0.0785. The van der Waals surface area contributed by atoms with Crippen LogP contribution in [-0.4, -0.2) is 27.8 Å². The number of amides is 1. The molecule has 0 unspecified atom stereocenters. The molecule has 0 aliphatic rings. The van der Waals surface area contributed by atoms with E-state index in [-0.39, 0.29) is 5.91 Å². The van der Waals surface area contributed by atoms with Crippen molar-refractivity contribution in [3.63, 3.8) is 0 Å². The Morgan fingerprint density at radius 3 is 2.61 bits per heavy atom. The van der Waals surface area contributed by atoms with E-state index >= 15 is 0 Å². The normalized spacial score (nSPS) is 10.9. The molecule has 0 bridgehead atoms. The van der Waals surface area contributed by atoms with Crippen LogP contribution >= 0.6 is 0 Å². The predicted octanol–water partition coefficient (Wildman–Crippen LogP) is 4.28. The Labute approximate surface area is 163 Å². The van der Waals surface area contributed by atoms with E-state index in [0.717, 1.165) is 18.4 Å². The second kappa shape index (κ2) is 8.05. The molecule has 0 aliphatic heterocycles. The lowest BCUT2D eigenvalue weighted by Crippen LogP contribution is -2.26. The van der Waals surface area contributed by atoms with Crippen molar-refractivity contribution in [1.82, 2.24) is 14.9 Å². The Kier molecular flexibility index (Phi) is 5.15. The SMILES string of the molecule is CN(Cc1cccnc1)C(=O)c1ccc2oc(CCc3ccccc3)nc2c1. The van der Waals surface area contributed by atoms with Gasteiger partial charge in [-0.25, -0.2) is 4.98 Å². The molecule has 4 rings (SSSR count). The summed E-state index contributed by atoms with van der Waals surface area (Å²) >= 11 is 0. The Morgan fingerprint density at radius 2 is 1.82 bits per heavy atom. The summed E-state index contributed by atoms with van der Waals surface area (Å²) in [6.07, 6.45) is 5.08. The highest BCUT2D eigenvalue weighted by Gasteiger charge is 2.15. The third-order valence-electron chi connectivity index (χ3n) is 4.64. The molecule has 0 atom stereocenters. The standard InChI is InChI=1S/C23H21N3O2/c1-26(16-18-8-5-13-24-15-18)23(27)19-10-11-21-20(14-19)25-22(28-21)12-9-17-6-3-2-4-7-17/h2-8,10-11,13-15H,9,12,16H2,1H3. The summed E-state index contributed by atoms with van der Waals surface area (Å²) in [6.45, 7) is 0.506. The van der Waals surface area contributed by atoms with Gasteiger partial charge in [-0.05, 0) is 41.8 Å². The van der Waals surface area contributed by atoms with E-state index in [1.54, 1.807) is 36.5 Å². The third kappa shape index (κ3) is 4.09. The van der Waals surface area contributed by atoms with E-state index in [9.17, 15) is 4.79 Å². The van der Waals surface area contributed by atoms with Gasteiger partial charge >= 0.3 is 0 Å². The van der Waals surface area contributed by atoms with Crippen molar-refractivity contribution in [2.24, 2.45) is 0 Å². The van der Waals surface area contributed by atoms with E-state index in [0.29, 0.717) is 29.1 Å². The summed E-state index contributed by atoms with van der Waals surface area (Å²) in [5.74, 6) is 0.631. The molecule has 140 valence electrons. The van der Waals surface area contributed by atoms with Crippen molar-refractivity contribution in [3.05, 3.63) is 95.6 Å². The Hall–Kier alpha value is -3.47. The van der Waals surface area contributed by atoms with Crippen molar-refractivity contribution >= 4 is 17.0 Å². The number of pyridine rings is 1. The molecule has 5 nitrogen and oxygen atoms in total. The average molecular weight is 371 g/mol. The number of nitrogens with zero attached hydrogens (tertiary/aromatic N) is 3. The largest absolute Gasteiger partial charge is 0.441 e. The number of fused-ring (bicyclic) bond motifs is 1. The molecular formula is C23H21N3O2. The van der Waals surface area contributed by atoms with Crippen LogP contribution in [0.2, 0.25) is 0 Å². The molecule has 0 N–H and O–H groups in total. The van der Waals surface area contributed by atoms with Crippen LogP contribution in [0.3, 0.4) is 0 Å². The van der Waals surface area contributed by atoms with Crippen molar-refractivity contribution in [3.8, 4) is 0 Å². The highest BCUT2D eigenvalue weighted by molar-refractivity contribution is 5.96. The van der Waals surface area contributed by atoms with Crippen LogP contribution in [0.5, 0.6) is 0 Å². The van der Waals surface area contributed by atoms with Gasteiger partial charge in [0.1, 0.15) is 5.52 Å². The highest BCUT2D eigenvalue weighted by Crippen LogP contribution is 2.20. The summed E-state index contributed by atoms with van der Waals surface area (Å²) < 4.78 is 5.84. The fraction of sp³-hybridized carbons (Fsp3) is 0.174. The van der Waals surface area contributed by atoms with Gasteiger partial charge in [0, 0.05) is 38.0 Å². The monoisotopic (exact) mass is 371 g/mol. The first kappa shape index (κ1) is 17.9. The van der Waals surface area contributed by atoms with E-state index in [1.165, 1.54) is 5.56 Å². The molecular weight excluding hydrogens is 350 g/mol. The second-order valence-corrected chi connectivity index (χ2v) is 6.80. The minimum atomic E-state index is -0.0559. The molecule has 0 spiro atoms. The first-order chi connectivity index (χ1) is 13.7. The molecule has 28 heavy (non-hydrogen) atoms. The zero-order valence-electron chi connectivity index (χ0n) is 15.7. The fourth-order valence-electron chi connectivity index (χ4n) is 3.17. The third-order valence-corrected chi connectivity index (χ3v) is 4.64. The number of oxazole rings is 1. The lowest BCUT2D eigenvalue weighted by Gasteiger charge is -2.17. The van der Waals surface area contributed by atoms with Crippen LogP contribution in [0.4, 0.5) is 0 Å². The van der Waals surface area contributed by atoms with E-state index in [4.69, 9.17) is 4.42 Å². The molecule has 0 fully saturated rings. The summed E-state index contributed by atoms with van der Waals surface area (Å²) in [6, 6.07) is 19.5. The van der Waals surface area contributed by atoms with Crippen LogP contribution in [0.1, 0.15) is 27.4 Å². The van der Waals surface area contributed by atoms with Gasteiger partial charge < -0.3 is 9.32 Å². The quantitative estimate of drug-likeness (QED) is 0.508. The summed E-state index contributed by atoms with van der Waals surface area (Å²) in [5.41, 5.74) is 4.25. The molecule has 5 heteroatoms. The van der Waals surface area contributed by atoms with Crippen LogP contribution < -0.4 is 0 Å². The molecule has 0 aliphatic carbocycles. The van der Waals surface area contributed by atoms with Gasteiger partial charge in [0.25, 0.3) is 5.91 Å². The zero-order chi connectivity index (χ0) is 19.3. The maximum atomic E-state index is 12.8. The number of aryl methyl sites for hydroxylation is 2. The number of hydrogen-bond donors (Lipinski definition) is 0. The van der Waals surface area contributed by atoms with Gasteiger partial charge in [-0.1, -0.05) is 36.4 Å². The molecule has 2 aromatic heterocycles. The van der Waals surface area contributed by atoms with Crippen molar-refractivity contribution in [2.75, 3.05) is 7.05 Å².